The number of carbonyl (C=O) groups is 1. The molecule has 0 aromatic carbocycles. The molecule has 0 unspecified atom stereocenters. The summed E-state index contributed by atoms with van der Waals surface area (Å²) < 4.78 is 0. The highest BCUT2D eigenvalue weighted by atomic mass is 32.1. The molecular formula is C10H14N4OS. The molecule has 1 aromatic rings. The van der Waals surface area contributed by atoms with Crippen LogP contribution < -0.4 is 5.73 Å². The Bertz CT molecular complexity index is 411. The first-order chi connectivity index (χ1) is 7.74. The van der Waals surface area contributed by atoms with Crippen LogP contribution in [0.3, 0.4) is 0 Å². The zero-order chi connectivity index (χ0) is 11.1. The van der Waals surface area contributed by atoms with E-state index in [4.69, 9.17) is 5.73 Å². The number of carbonyl (C=O) groups excluding carboxylic acids is 1. The number of anilines is 1. The van der Waals surface area contributed by atoms with Crippen LogP contribution in [0.4, 0.5) is 5.13 Å². The lowest BCUT2D eigenvalue weighted by Crippen LogP contribution is -2.34. The van der Waals surface area contributed by atoms with Gasteiger partial charge < -0.3 is 10.6 Å². The Morgan fingerprint density at radius 2 is 2.12 bits per heavy atom. The molecule has 0 radical (unpaired) electrons. The summed E-state index contributed by atoms with van der Waals surface area (Å²) in [5.74, 6) is 0.735. The molecule has 5 nitrogen and oxygen atoms in total. The van der Waals surface area contributed by atoms with Crippen molar-refractivity contribution in [1.82, 2.24) is 15.1 Å². The fourth-order valence-corrected chi connectivity index (χ4v) is 2.37. The van der Waals surface area contributed by atoms with Gasteiger partial charge in [0.15, 0.2) is 0 Å². The third-order valence-corrected chi connectivity index (χ3v) is 3.76. The molecule has 2 N–H and O–H groups in total. The van der Waals surface area contributed by atoms with E-state index in [0.717, 1.165) is 25.3 Å². The van der Waals surface area contributed by atoms with Crippen molar-refractivity contribution in [3.05, 3.63) is 5.01 Å². The van der Waals surface area contributed by atoms with Gasteiger partial charge in [0, 0.05) is 12.6 Å². The predicted molar refractivity (Wildman–Crippen MR) is 61.1 cm³/mol. The monoisotopic (exact) mass is 238 g/mol. The first-order valence-corrected chi connectivity index (χ1v) is 6.45. The largest absolute Gasteiger partial charge is 0.374 e. The van der Waals surface area contributed by atoms with Gasteiger partial charge in [-0.25, -0.2) is 0 Å². The van der Waals surface area contributed by atoms with E-state index in [0.29, 0.717) is 16.2 Å². The zero-order valence-electron chi connectivity index (χ0n) is 8.93. The van der Waals surface area contributed by atoms with Crippen molar-refractivity contribution >= 4 is 22.4 Å². The molecular weight excluding hydrogens is 224 g/mol. The predicted octanol–water partition coefficient (Wildman–Crippen LogP) is 1.13. The molecule has 1 aromatic heterocycles. The molecule has 0 saturated heterocycles. The summed E-state index contributed by atoms with van der Waals surface area (Å²) in [5, 5.41) is 8.32. The molecule has 2 aliphatic rings. The van der Waals surface area contributed by atoms with Crippen LogP contribution in [0, 0.1) is 5.92 Å². The normalized spacial score (nSPS) is 19.8. The summed E-state index contributed by atoms with van der Waals surface area (Å²) in [6.45, 7) is 0.892. The molecule has 16 heavy (non-hydrogen) atoms. The maximum absolute atomic E-state index is 12.2. The summed E-state index contributed by atoms with van der Waals surface area (Å²) in [4.78, 5) is 14.2. The third-order valence-electron chi connectivity index (χ3n) is 3.02. The number of nitrogens with two attached hydrogens (primary N) is 1. The lowest BCUT2D eigenvalue weighted by Gasteiger charge is -2.20. The molecule has 2 aliphatic carbocycles. The highest BCUT2D eigenvalue weighted by Crippen LogP contribution is 2.35. The molecule has 1 heterocycles. The van der Waals surface area contributed by atoms with E-state index >= 15 is 0 Å². The number of rotatable bonds is 4. The van der Waals surface area contributed by atoms with Gasteiger partial charge in [-0.3, -0.25) is 4.79 Å². The van der Waals surface area contributed by atoms with Gasteiger partial charge in [0.25, 0.3) is 5.91 Å². The van der Waals surface area contributed by atoms with Gasteiger partial charge in [0.2, 0.25) is 10.1 Å². The van der Waals surface area contributed by atoms with Crippen molar-refractivity contribution in [3.8, 4) is 0 Å². The van der Waals surface area contributed by atoms with E-state index in [1.165, 1.54) is 24.2 Å². The van der Waals surface area contributed by atoms with E-state index in [-0.39, 0.29) is 5.91 Å². The summed E-state index contributed by atoms with van der Waals surface area (Å²) in [7, 11) is 0. The van der Waals surface area contributed by atoms with Gasteiger partial charge in [0.05, 0.1) is 0 Å². The van der Waals surface area contributed by atoms with Crippen LogP contribution in [-0.4, -0.2) is 33.6 Å². The van der Waals surface area contributed by atoms with Crippen LogP contribution in [0.25, 0.3) is 0 Å². The standard InChI is InChI=1S/C10H14N4OS/c11-10-13-12-8(16-10)9(15)14(7-3-4-7)5-6-1-2-6/h6-7H,1-5H2,(H2,11,13). The molecule has 6 heteroatoms. The number of aromatic nitrogens is 2. The minimum absolute atomic E-state index is 0.0172. The Labute approximate surface area is 97.6 Å². The Hall–Kier alpha value is -1.17. The second kappa shape index (κ2) is 3.69. The van der Waals surface area contributed by atoms with Crippen LogP contribution in [0.15, 0.2) is 0 Å². The molecule has 1 amide bonds. The molecule has 0 bridgehead atoms. The average molecular weight is 238 g/mol. The van der Waals surface area contributed by atoms with Gasteiger partial charge in [0.1, 0.15) is 0 Å². The summed E-state index contributed by atoms with van der Waals surface area (Å²) in [5.41, 5.74) is 5.50. The third kappa shape index (κ3) is 2.02. The fourth-order valence-electron chi connectivity index (χ4n) is 1.81. The summed E-state index contributed by atoms with van der Waals surface area (Å²) >= 11 is 1.18. The van der Waals surface area contributed by atoms with Crippen molar-refractivity contribution < 1.29 is 4.79 Å². The number of hydrogen-bond acceptors (Lipinski definition) is 5. The molecule has 3 rings (SSSR count). The quantitative estimate of drug-likeness (QED) is 0.853. The SMILES string of the molecule is Nc1nnc(C(=O)N(CC2CC2)C2CC2)s1. The Balaban J connectivity index is 1.74. The maximum atomic E-state index is 12.2. The minimum Gasteiger partial charge on any atom is -0.374 e. The number of nitrogen functional groups attached to an aromatic ring is 1. The second-order valence-electron chi connectivity index (χ2n) is 4.58. The van der Waals surface area contributed by atoms with E-state index in [2.05, 4.69) is 10.2 Å². The van der Waals surface area contributed by atoms with Crippen molar-refractivity contribution in [2.75, 3.05) is 12.3 Å². The van der Waals surface area contributed by atoms with Crippen molar-refractivity contribution in [2.24, 2.45) is 5.92 Å². The topological polar surface area (TPSA) is 72.1 Å². The molecule has 86 valence electrons. The number of hydrogen-bond donors (Lipinski definition) is 1. The molecule has 2 saturated carbocycles. The smallest absolute Gasteiger partial charge is 0.285 e. The van der Waals surface area contributed by atoms with E-state index in [1.54, 1.807) is 0 Å². The fraction of sp³-hybridized carbons (Fsp3) is 0.700. The zero-order valence-corrected chi connectivity index (χ0v) is 9.74. The van der Waals surface area contributed by atoms with E-state index < -0.39 is 0 Å². The Morgan fingerprint density at radius 3 is 2.62 bits per heavy atom. The molecule has 0 aliphatic heterocycles. The van der Waals surface area contributed by atoms with E-state index in [9.17, 15) is 4.79 Å². The minimum atomic E-state index is 0.0172. The van der Waals surface area contributed by atoms with Crippen LogP contribution in [0.1, 0.15) is 35.5 Å². The molecule has 0 spiro atoms. The number of amides is 1. The number of nitrogens with zero attached hydrogens (tertiary/aromatic N) is 3. The van der Waals surface area contributed by atoms with Crippen LogP contribution >= 0.6 is 11.3 Å². The van der Waals surface area contributed by atoms with Crippen molar-refractivity contribution in [2.45, 2.75) is 31.7 Å². The highest BCUT2D eigenvalue weighted by Gasteiger charge is 2.37. The van der Waals surface area contributed by atoms with Gasteiger partial charge in [-0.2, -0.15) is 0 Å². The average Bonchev–Trinajstić information content (AvgIpc) is 3.15. The second-order valence-corrected chi connectivity index (χ2v) is 5.59. The van der Waals surface area contributed by atoms with Gasteiger partial charge >= 0.3 is 0 Å². The first kappa shape index (κ1) is 10.0. The van der Waals surface area contributed by atoms with Gasteiger partial charge in [-0.05, 0) is 31.6 Å². The maximum Gasteiger partial charge on any atom is 0.285 e. The first-order valence-electron chi connectivity index (χ1n) is 5.64. The van der Waals surface area contributed by atoms with Gasteiger partial charge in [-0.15, -0.1) is 10.2 Å². The summed E-state index contributed by atoms with van der Waals surface area (Å²) in [6, 6.07) is 0.443. The Morgan fingerprint density at radius 1 is 1.38 bits per heavy atom. The van der Waals surface area contributed by atoms with Crippen LogP contribution in [0.5, 0.6) is 0 Å². The van der Waals surface area contributed by atoms with E-state index in [1.807, 2.05) is 4.90 Å². The van der Waals surface area contributed by atoms with Crippen LogP contribution in [-0.2, 0) is 0 Å². The lowest BCUT2D eigenvalue weighted by molar-refractivity contribution is 0.0733. The molecule has 0 atom stereocenters. The van der Waals surface area contributed by atoms with Gasteiger partial charge in [-0.1, -0.05) is 11.3 Å². The Kier molecular flexibility index (Phi) is 2.31. The van der Waals surface area contributed by atoms with Crippen molar-refractivity contribution in [3.63, 3.8) is 0 Å². The van der Waals surface area contributed by atoms with Crippen molar-refractivity contribution in [1.29, 1.82) is 0 Å². The van der Waals surface area contributed by atoms with Crippen LogP contribution in [0.2, 0.25) is 0 Å². The lowest BCUT2D eigenvalue weighted by atomic mass is 10.3. The highest BCUT2D eigenvalue weighted by molar-refractivity contribution is 7.16. The summed E-state index contributed by atoms with van der Waals surface area (Å²) in [6.07, 6.45) is 4.78. The molecule has 2 fully saturated rings.